The maximum absolute atomic E-state index is 3.54. The van der Waals surface area contributed by atoms with E-state index in [1.165, 1.54) is 98.3 Å². The van der Waals surface area contributed by atoms with Gasteiger partial charge in [-0.15, -0.1) is 35.9 Å². The monoisotopic (exact) mass is 742 g/mol. The molecule has 0 radical (unpaired) electrons. The summed E-state index contributed by atoms with van der Waals surface area (Å²) >= 11 is 1.30. The Balaban J connectivity index is 0.000000620. The molecule has 0 amide bonds. The summed E-state index contributed by atoms with van der Waals surface area (Å²) in [7, 11) is 0. The van der Waals surface area contributed by atoms with E-state index in [0.29, 0.717) is 11.3 Å². The average Bonchev–Trinajstić information content (AvgIpc) is 3.62. The Bertz CT molecular complexity index is 1450. The zero-order valence-corrected chi connectivity index (χ0v) is 34.3. The predicted octanol–water partition coefficient (Wildman–Crippen LogP) is 12.4. The summed E-state index contributed by atoms with van der Waals surface area (Å²) in [6.45, 7) is 21.8. The quantitative estimate of drug-likeness (QED) is 0.158. The molecule has 4 aromatic rings. The third kappa shape index (κ3) is 14.8. The van der Waals surface area contributed by atoms with Crippen LogP contribution in [0.5, 0.6) is 0 Å². The van der Waals surface area contributed by atoms with E-state index in [1.807, 2.05) is 48.5 Å². The summed E-state index contributed by atoms with van der Waals surface area (Å²) in [5, 5.41) is 0. The van der Waals surface area contributed by atoms with Crippen molar-refractivity contribution in [1.29, 1.82) is 0 Å². The van der Waals surface area contributed by atoms with Gasteiger partial charge >= 0.3 is 28.4 Å². The van der Waals surface area contributed by atoms with Gasteiger partial charge in [0.15, 0.2) is 0 Å². The molecule has 0 heterocycles. The second-order valence-corrected chi connectivity index (χ2v) is 13.0. The first-order valence-electron chi connectivity index (χ1n) is 16.0. The molecule has 4 aromatic carbocycles. The molecule has 1 atom stereocenters. The Morgan fingerprint density at radius 2 is 1.23 bits per heavy atom. The maximum atomic E-state index is 3.54. The van der Waals surface area contributed by atoms with Crippen LogP contribution in [-0.2, 0) is 30.7 Å². The molecule has 3 heteroatoms. The Labute approximate surface area is 315 Å². The van der Waals surface area contributed by atoms with E-state index in [-0.39, 0.29) is 24.8 Å². The van der Waals surface area contributed by atoms with E-state index >= 15 is 0 Å². The first-order chi connectivity index (χ1) is 21.4. The van der Waals surface area contributed by atoms with E-state index in [9.17, 15) is 0 Å². The van der Waals surface area contributed by atoms with Crippen molar-refractivity contribution in [2.24, 2.45) is 11.3 Å². The summed E-state index contributed by atoms with van der Waals surface area (Å²) in [6.07, 6.45) is 11.5. The number of benzene rings is 4. The van der Waals surface area contributed by atoms with Gasteiger partial charge in [0.1, 0.15) is 0 Å². The normalized spacial score (nSPS) is 13.0. The number of halogens is 2. The molecule has 0 saturated carbocycles. The summed E-state index contributed by atoms with van der Waals surface area (Å²) in [4.78, 5) is 0. The van der Waals surface area contributed by atoms with Gasteiger partial charge in [-0.3, -0.25) is 6.08 Å². The molecule has 1 unspecified atom stereocenters. The van der Waals surface area contributed by atoms with Crippen molar-refractivity contribution in [2.45, 2.75) is 88.5 Å². The van der Waals surface area contributed by atoms with E-state index in [4.69, 9.17) is 0 Å². The third-order valence-corrected chi connectivity index (χ3v) is 8.06. The first kappa shape index (κ1) is 44.7. The van der Waals surface area contributed by atoms with E-state index in [2.05, 4.69) is 128 Å². The molecule has 0 spiro atoms. The minimum absolute atomic E-state index is 0. The molecule has 0 N–H and O–H groups in total. The number of rotatable bonds is 2. The number of aryl methyl sites for hydroxylation is 6. The van der Waals surface area contributed by atoms with Crippen molar-refractivity contribution in [2.75, 3.05) is 0 Å². The molecule has 6 rings (SSSR count). The number of fused-ring (bicyclic) bond motifs is 3. The molecule has 0 saturated heterocycles. The molecule has 0 fully saturated rings. The summed E-state index contributed by atoms with van der Waals surface area (Å²) in [5.41, 5.74) is 15.4. The van der Waals surface area contributed by atoms with Crippen LogP contribution in [0.15, 0.2) is 84.5 Å². The molecule has 2 aliphatic carbocycles. The molecule has 0 bridgehead atoms. The van der Waals surface area contributed by atoms with E-state index < -0.39 is 0 Å². The molecule has 0 nitrogen and oxygen atoms in total. The fraction of sp³-hybridized carbons (Fsp3) is 0.341. The molecular formula is C44H54Cl2Zr-4. The van der Waals surface area contributed by atoms with Crippen LogP contribution in [0.2, 0.25) is 0 Å². The predicted molar refractivity (Wildman–Crippen MR) is 208 cm³/mol. The van der Waals surface area contributed by atoms with Crippen LogP contribution in [0.3, 0.4) is 0 Å². The van der Waals surface area contributed by atoms with Gasteiger partial charge in [0.25, 0.3) is 0 Å². The second kappa shape index (κ2) is 22.4. The van der Waals surface area contributed by atoms with Crippen LogP contribution in [0, 0.1) is 77.2 Å². The summed E-state index contributed by atoms with van der Waals surface area (Å²) < 4.78 is 3.34. The average molecular weight is 745 g/mol. The summed E-state index contributed by atoms with van der Waals surface area (Å²) in [6, 6.07) is 32.2. The molecule has 2 aliphatic rings. The van der Waals surface area contributed by atoms with Crippen molar-refractivity contribution in [3.63, 3.8) is 0 Å². The zero-order chi connectivity index (χ0) is 33.6. The van der Waals surface area contributed by atoms with E-state index in [0.717, 1.165) is 6.42 Å². The van der Waals surface area contributed by atoms with Gasteiger partial charge in [-0.1, -0.05) is 97.3 Å². The van der Waals surface area contributed by atoms with Crippen LogP contribution in [-0.4, -0.2) is 4.21 Å². The van der Waals surface area contributed by atoms with Gasteiger partial charge in [0, 0.05) is 0 Å². The first-order valence-corrected chi connectivity index (χ1v) is 17.8. The summed E-state index contributed by atoms with van der Waals surface area (Å²) in [5.74, 6) is 0.587. The van der Waals surface area contributed by atoms with Crippen molar-refractivity contribution in [1.82, 2.24) is 0 Å². The third-order valence-electron chi connectivity index (χ3n) is 8.06. The van der Waals surface area contributed by atoms with Crippen LogP contribution in [0.25, 0.3) is 11.1 Å². The fourth-order valence-electron chi connectivity index (χ4n) is 5.04. The van der Waals surface area contributed by atoms with Crippen molar-refractivity contribution < 1.29 is 24.2 Å². The van der Waals surface area contributed by atoms with Gasteiger partial charge in [-0.25, -0.2) is 6.08 Å². The molecule has 0 aliphatic heterocycles. The Morgan fingerprint density at radius 1 is 0.745 bits per heavy atom. The molecule has 47 heavy (non-hydrogen) atoms. The molecule has 0 aromatic heterocycles. The van der Waals surface area contributed by atoms with Crippen molar-refractivity contribution in [3.8, 4) is 11.1 Å². The van der Waals surface area contributed by atoms with E-state index in [1.54, 1.807) is 0 Å². The van der Waals surface area contributed by atoms with Gasteiger partial charge < -0.3 is 0 Å². The minimum atomic E-state index is 0. The standard InChI is InChI=1S/C17H17.C12H19.2C7H7.CH2.2ClH.Zr/c1-10-5-14-9-15-6-11(2)13(4)8-17(15)16(14)7-12(10)3;1-5-6-10-7-8-11(9-10)12(2,3)4;2*1-7-5-3-2-4-6-7;;;;/h5,7-8H,9H2,1-4H3;8-10H,5-6H2,1-4H3;2*3-6H,1H3;1H2;2*1H;/q4*-1;;;;. The van der Waals surface area contributed by atoms with Crippen LogP contribution < -0.4 is 0 Å². The second-order valence-electron chi connectivity index (χ2n) is 13.0. The Morgan fingerprint density at radius 3 is 1.66 bits per heavy atom. The van der Waals surface area contributed by atoms with Gasteiger partial charge in [0.2, 0.25) is 0 Å². The van der Waals surface area contributed by atoms with Gasteiger partial charge in [0.05, 0.1) is 0 Å². The Hall–Kier alpha value is -2.31. The fourth-order valence-corrected chi connectivity index (χ4v) is 5.04. The van der Waals surface area contributed by atoms with Gasteiger partial charge in [-0.05, 0) is 37.0 Å². The Kier molecular flexibility index (Phi) is 21.3. The number of allylic oxidation sites excluding steroid dienone is 4. The van der Waals surface area contributed by atoms with Gasteiger partial charge in [-0.2, -0.15) is 107 Å². The zero-order valence-electron chi connectivity index (χ0n) is 30.2. The molecule has 252 valence electrons. The number of hydrogen-bond donors (Lipinski definition) is 0. The SMILES string of the molecule is CCCC1[C-]=CC(C(C)(C)C)=C1.Cc1[c-]c2c(cc1C)-c1cc(C)c(C)cc1C2.Cc1cc[c-]cc1.Cc1cc[c-]cc1.Cl.Cl.[CH2]=[Zr]. The van der Waals surface area contributed by atoms with Crippen molar-refractivity contribution >= 4 is 29.0 Å². The van der Waals surface area contributed by atoms with Crippen LogP contribution in [0.4, 0.5) is 0 Å². The van der Waals surface area contributed by atoms with Crippen LogP contribution in [0.1, 0.15) is 85.0 Å². The van der Waals surface area contributed by atoms with Crippen molar-refractivity contribution in [3.05, 3.63) is 153 Å². The number of hydrogen-bond acceptors (Lipinski definition) is 0. The van der Waals surface area contributed by atoms with Crippen LogP contribution >= 0.6 is 24.8 Å². The topological polar surface area (TPSA) is 0 Å². The molecular weight excluding hydrogens is 691 g/mol.